The van der Waals surface area contributed by atoms with Gasteiger partial charge < -0.3 is 19.1 Å². The van der Waals surface area contributed by atoms with Crippen molar-refractivity contribution in [1.29, 1.82) is 0 Å². The van der Waals surface area contributed by atoms with E-state index in [-0.39, 0.29) is 6.10 Å². The minimum Gasteiger partial charge on any atom is -0.493 e. The van der Waals surface area contributed by atoms with Crippen LogP contribution in [0.4, 0.5) is 0 Å². The van der Waals surface area contributed by atoms with Crippen molar-refractivity contribution in [3.05, 3.63) is 24.5 Å². The molecule has 0 bridgehead atoms. The number of carbonyl (C=O) groups is 1. The van der Waals surface area contributed by atoms with Gasteiger partial charge in [0.2, 0.25) is 0 Å². The van der Waals surface area contributed by atoms with Gasteiger partial charge in [-0.05, 0) is 20.2 Å². The summed E-state index contributed by atoms with van der Waals surface area (Å²) in [6, 6.07) is 0. The molecule has 0 N–H and O–H groups in total. The highest BCUT2D eigenvalue weighted by atomic mass is 16.5. The predicted octanol–water partition coefficient (Wildman–Crippen LogP) is 0.508. The monoisotopic (exact) mass is 298 g/mol. The van der Waals surface area contributed by atoms with E-state index in [4.69, 9.17) is 9.47 Å². The smallest absolute Gasteiger partial charge is 0.330 e. The Bertz CT molecular complexity index is 369. The second-order valence-electron chi connectivity index (χ2n) is 5.23. The Morgan fingerprint density at radius 1 is 1.48 bits per heavy atom. The van der Waals surface area contributed by atoms with Crippen molar-refractivity contribution in [3.8, 4) is 0 Å². The number of nitrogens with zero attached hydrogens (tertiary/aromatic N) is 2. The van der Waals surface area contributed by atoms with Gasteiger partial charge in [0.15, 0.2) is 0 Å². The van der Waals surface area contributed by atoms with Crippen molar-refractivity contribution in [2.45, 2.75) is 6.10 Å². The Labute approximate surface area is 126 Å². The topological polar surface area (TPSA) is 51.2 Å². The third-order valence-corrected chi connectivity index (χ3v) is 3.09. The van der Waals surface area contributed by atoms with Crippen LogP contribution in [0.1, 0.15) is 0 Å². The highest BCUT2D eigenvalue weighted by Crippen LogP contribution is 2.06. The van der Waals surface area contributed by atoms with Crippen molar-refractivity contribution in [3.63, 3.8) is 0 Å². The third-order valence-electron chi connectivity index (χ3n) is 3.09. The van der Waals surface area contributed by atoms with Crippen LogP contribution >= 0.6 is 0 Å². The molecule has 1 aliphatic heterocycles. The van der Waals surface area contributed by atoms with Gasteiger partial charge in [0.1, 0.15) is 12.4 Å². The molecular formula is C15H26N2O4. The Hall–Kier alpha value is -1.37. The molecule has 21 heavy (non-hydrogen) atoms. The Balaban J connectivity index is 2.21. The molecule has 0 radical (unpaired) electrons. The summed E-state index contributed by atoms with van der Waals surface area (Å²) in [5.74, 6) is 0.0398. The van der Waals surface area contributed by atoms with E-state index in [9.17, 15) is 4.79 Å². The lowest BCUT2D eigenvalue weighted by atomic mass is 10.2. The second-order valence-corrected chi connectivity index (χ2v) is 5.23. The van der Waals surface area contributed by atoms with Crippen molar-refractivity contribution in [2.75, 3.05) is 60.6 Å². The Morgan fingerprint density at radius 3 is 2.90 bits per heavy atom. The first-order chi connectivity index (χ1) is 10.0. The predicted molar refractivity (Wildman–Crippen MR) is 81.0 cm³/mol. The van der Waals surface area contributed by atoms with Crippen molar-refractivity contribution >= 4 is 5.97 Å². The van der Waals surface area contributed by atoms with E-state index < -0.39 is 5.97 Å². The van der Waals surface area contributed by atoms with Gasteiger partial charge in [-0.1, -0.05) is 6.58 Å². The summed E-state index contributed by atoms with van der Waals surface area (Å²) in [5.41, 5.74) is 0. The quantitative estimate of drug-likeness (QED) is 0.282. The molecule has 0 amide bonds. The van der Waals surface area contributed by atoms with Gasteiger partial charge in [-0.3, -0.25) is 4.90 Å². The molecular weight excluding hydrogens is 272 g/mol. The molecule has 0 aliphatic carbocycles. The molecule has 0 aromatic rings. The van der Waals surface area contributed by atoms with Crippen LogP contribution in [-0.4, -0.2) is 82.5 Å². The first kappa shape index (κ1) is 17.7. The van der Waals surface area contributed by atoms with Crippen molar-refractivity contribution in [1.82, 2.24) is 9.80 Å². The van der Waals surface area contributed by atoms with Gasteiger partial charge >= 0.3 is 5.97 Å². The number of hydrogen-bond acceptors (Lipinski definition) is 6. The minimum absolute atomic E-state index is 0.246. The van der Waals surface area contributed by atoms with Crippen LogP contribution in [0.3, 0.4) is 0 Å². The van der Waals surface area contributed by atoms with Gasteiger partial charge in [0.05, 0.1) is 19.8 Å². The maximum atomic E-state index is 10.9. The number of morpholine rings is 1. The summed E-state index contributed by atoms with van der Waals surface area (Å²) in [6.07, 6.45) is 3.06. The molecule has 1 unspecified atom stereocenters. The fourth-order valence-corrected chi connectivity index (χ4v) is 2.08. The Kier molecular flexibility index (Phi) is 8.04. The normalized spacial score (nSPS) is 19.9. The average molecular weight is 298 g/mol. The summed E-state index contributed by atoms with van der Waals surface area (Å²) >= 11 is 0. The van der Waals surface area contributed by atoms with Gasteiger partial charge in [0.25, 0.3) is 0 Å². The zero-order valence-corrected chi connectivity index (χ0v) is 13.2. The number of ether oxygens (including phenoxy) is 3. The fourth-order valence-electron chi connectivity index (χ4n) is 2.08. The minimum atomic E-state index is -0.417. The van der Waals surface area contributed by atoms with Crippen LogP contribution in [0.2, 0.25) is 0 Å². The van der Waals surface area contributed by atoms with Crippen LogP contribution < -0.4 is 0 Å². The van der Waals surface area contributed by atoms with Gasteiger partial charge in [-0.2, -0.15) is 0 Å². The second kappa shape index (κ2) is 9.55. The van der Waals surface area contributed by atoms with Gasteiger partial charge in [-0.25, -0.2) is 4.79 Å². The maximum Gasteiger partial charge on any atom is 0.330 e. The van der Waals surface area contributed by atoms with Crippen molar-refractivity contribution < 1.29 is 19.0 Å². The molecule has 6 heteroatoms. The lowest BCUT2D eigenvalue weighted by Crippen LogP contribution is -2.47. The van der Waals surface area contributed by atoms with Gasteiger partial charge in [0, 0.05) is 32.3 Å². The van der Waals surface area contributed by atoms with Gasteiger partial charge in [-0.15, -0.1) is 0 Å². The van der Waals surface area contributed by atoms with E-state index in [2.05, 4.69) is 21.1 Å². The number of likely N-dealkylation sites (N-methyl/N-ethyl adjacent to an activating group) is 1. The lowest BCUT2D eigenvalue weighted by molar-refractivity contribution is -0.134. The zero-order chi connectivity index (χ0) is 15.7. The summed E-state index contributed by atoms with van der Waals surface area (Å²) in [7, 11) is 5.42. The molecule has 0 spiro atoms. The van der Waals surface area contributed by atoms with E-state index in [0.29, 0.717) is 12.4 Å². The zero-order valence-electron chi connectivity index (χ0n) is 13.2. The number of esters is 1. The molecule has 1 fully saturated rings. The molecule has 0 saturated carbocycles. The molecule has 0 aromatic carbocycles. The van der Waals surface area contributed by atoms with Crippen LogP contribution in [0.25, 0.3) is 0 Å². The first-order valence-electron chi connectivity index (χ1n) is 7.07. The van der Waals surface area contributed by atoms with Crippen LogP contribution in [0, 0.1) is 0 Å². The lowest BCUT2D eigenvalue weighted by Gasteiger charge is -2.34. The molecule has 1 saturated heterocycles. The number of allylic oxidation sites excluding steroid dienone is 1. The standard InChI is InChI=1S/C15H26N2O4/c1-13(5-6-15(18)19-4)20-9-7-17-8-10-21-14(12-17)11-16(2)3/h5-6,14H,1,7-12H2,2-4H3/b6-5+. The van der Waals surface area contributed by atoms with E-state index in [0.717, 1.165) is 32.8 Å². The molecule has 1 rings (SSSR count). The average Bonchev–Trinajstić information content (AvgIpc) is 2.44. The number of carbonyl (C=O) groups excluding carboxylic acids is 1. The third kappa shape index (κ3) is 7.84. The largest absolute Gasteiger partial charge is 0.493 e. The molecule has 1 atom stereocenters. The van der Waals surface area contributed by atoms with Crippen LogP contribution in [-0.2, 0) is 19.0 Å². The number of methoxy groups -OCH3 is 1. The summed E-state index contributed by atoms with van der Waals surface area (Å²) < 4.78 is 15.7. The fraction of sp³-hybridized carbons (Fsp3) is 0.667. The SMILES string of the molecule is C=C(/C=C/C(=O)OC)OCCN1CCOC(CN(C)C)C1. The van der Waals surface area contributed by atoms with E-state index in [1.54, 1.807) is 0 Å². The maximum absolute atomic E-state index is 10.9. The highest BCUT2D eigenvalue weighted by Gasteiger charge is 2.20. The Morgan fingerprint density at radius 2 is 2.24 bits per heavy atom. The molecule has 120 valence electrons. The number of rotatable bonds is 8. The molecule has 1 aliphatic rings. The first-order valence-corrected chi connectivity index (χ1v) is 7.07. The van der Waals surface area contributed by atoms with Crippen LogP contribution in [0.15, 0.2) is 24.5 Å². The molecule has 1 heterocycles. The molecule has 0 aromatic heterocycles. The number of hydrogen-bond donors (Lipinski definition) is 0. The summed E-state index contributed by atoms with van der Waals surface area (Å²) in [6.45, 7) is 8.59. The van der Waals surface area contributed by atoms with E-state index in [1.165, 1.54) is 19.3 Å². The summed E-state index contributed by atoms with van der Waals surface area (Å²) in [5, 5.41) is 0. The summed E-state index contributed by atoms with van der Waals surface area (Å²) in [4.78, 5) is 15.4. The van der Waals surface area contributed by atoms with Crippen LogP contribution in [0.5, 0.6) is 0 Å². The van der Waals surface area contributed by atoms with E-state index >= 15 is 0 Å². The highest BCUT2D eigenvalue weighted by molar-refractivity contribution is 5.82. The molecule has 6 nitrogen and oxygen atoms in total. The van der Waals surface area contributed by atoms with E-state index in [1.807, 2.05) is 14.1 Å². The van der Waals surface area contributed by atoms with Crippen molar-refractivity contribution in [2.24, 2.45) is 0 Å².